The van der Waals surface area contributed by atoms with Gasteiger partial charge in [0.25, 0.3) is 0 Å². The van der Waals surface area contributed by atoms with Gasteiger partial charge in [0.2, 0.25) is 5.91 Å². The highest BCUT2D eigenvalue weighted by atomic mass is 32.1. The molecule has 1 N–H and O–H groups in total. The van der Waals surface area contributed by atoms with Crippen molar-refractivity contribution >= 4 is 41.5 Å². The van der Waals surface area contributed by atoms with Gasteiger partial charge in [-0.3, -0.25) is 4.79 Å². The lowest BCUT2D eigenvalue weighted by molar-refractivity contribution is -0.137. The average molecular weight is 472 g/mol. The minimum absolute atomic E-state index is 0.0871. The molecule has 6 nitrogen and oxygen atoms in total. The molecule has 2 aromatic heterocycles. The number of anilines is 2. The van der Waals surface area contributed by atoms with Crippen LogP contribution < -0.4 is 15.5 Å². The van der Waals surface area contributed by atoms with Crippen LogP contribution in [0.5, 0.6) is 11.5 Å². The van der Waals surface area contributed by atoms with Crippen LogP contribution in [0.3, 0.4) is 0 Å². The van der Waals surface area contributed by atoms with Gasteiger partial charge in [0, 0.05) is 37.5 Å². The number of rotatable bonds is 5. The molecule has 1 aliphatic rings. The summed E-state index contributed by atoms with van der Waals surface area (Å²) >= 11 is 1.41. The van der Waals surface area contributed by atoms with Crippen molar-refractivity contribution in [2.45, 2.75) is 31.9 Å². The van der Waals surface area contributed by atoms with E-state index in [1.54, 1.807) is 13.0 Å². The summed E-state index contributed by atoms with van der Waals surface area (Å²) in [5.41, 5.74) is 0.536. The number of likely N-dealkylation sites (tertiary alicyclic amines) is 1. The minimum Gasteiger partial charge on any atom is -0.453 e. The van der Waals surface area contributed by atoms with Crippen LogP contribution in [-0.2, 0) is 11.0 Å². The fourth-order valence-corrected chi connectivity index (χ4v) is 4.38. The maximum Gasteiger partial charge on any atom is 0.416 e. The fraction of sp³-hybridized carbons (Fsp3) is 0.318. The molecule has 1 aliphatic heterocycles. The second-order valence-electron chi connectivity index (χ2n) is 7.72. The first kappa shape index (κ1) is 23.1. The van der Waals surface area contributed by atoms with E-state index in [1.807, 2.05) is 10.3 Å². The molecule has 0 atom stereocenters. The number of nitrogens with one attached hydrogen (secondary N) is 1. The predicted molar refractivity (Wildman–Crippen MR) is 121 cm³/mol. The second-order valence-corrected chi connectivity index (χ2v) is 8.58. The number of hydrogen-bond donors (Lipinski definition) is 1. The molecule has 170 valence electrons. The van der Waals surface area contributed by atoms with Crippen molar-refractivity contribution in [1.29, 1.82) is 0 Å². The Bertz CT molecular complexity index is 1130. The number of piperidine rings is 1. The SMILES string of the molecule is [B]c1cnc(Nc2nc(C3CCN(C(C)=O)CC3)cs2)c(Oc2ccc(C(F)(F)F)cc2)c1. The zero-order chi connectivity index (χ0) is 23.6. The van der Waals surface area contributed by atoms with E-state index in [0.29, 0.717) is 29.5 Å². The van der Waals surface area contributed by atoms with Crippen LogP contribution in [-0.4, -0.2) is 41.7 Å². The summed E-state index contributed by atoms with van der Waals surface area (Å²) in [4.78, 5) is 22.3. The topological polar surface area (TPSA) is 67.4 Å². The Morgan fingerprint density at radius 3 is 2.58 bits per heavy atom. The van der Waals surface area contributed by atoms with E-state index in [4.69, 9.17) is 12.6 Å². The van der Waals surface area contributed by atoms with Gasteiger partial charge in [0.15, 0.2) is 16.7 Å². The van der Waals surface area contributed by atoms with Crippen LogP contribution in [0.25, 0.3) is 0 Å². The maximum atomic E-state index is 12.8. The first-order valence-electron chi connectivity index (χ1n) is 10.3. The second kappa shape index (κ2) is 9.42. The molecule has 0 bridgehead atoms. The third-order valence-corrected chi connectivity index (χ3v) is 6.17. The van der Waals surface area contributed by atoms with E-state index in [2.05, 4.69) is 15.3 Å². The molecule has 2 radical (unpaired) electrons. The summed E-state index contributed by atoms with van der Waals surface area (Å²) in [5.74, 6) is 1.19. The number of benzene rings is 1. The van der Waals surface area contributed by atoms with Gasteiger partial charge in [-0.1, -0.05) is 5.46 Å². The highest BCUT2D eigenvalue weighted by molar-refractivity contribution is 7.13. The lowest BCUT2D eigenvalue weighted by Crippen LogP contribution is -2.36. The van der Waals surface area contributed by atoms with Crippen molar-refractivity contribution in [1.82, 2.24) is 14.9 Å². The number of carbonyl (C=O) groups is 1. The molecule has 3 heterocycles. The van der Waals surface area contributed by atoms with Crippen LogP contribution >= 0.6 is 11.3 Å². The van der Waals surface area contributed by atoms with Gasteiger partial charge in [-0.2, -0.15) is 13.2 Å². The fourth-order valence-electron chi connectivity index (χ4n) is 3.59. The highest BCUT2D eigenvalue weighted by Crippen LogP contribution is 2.35. The van der Waals surface area contributed by atoms with E-state index in [-0.39, 0.29) is 23.3 Å². The number of alkyl halides is 3. The molecule has 1 aromatic carbocycles. The Morgan fingerprint density at radius 1 is 1.24 bits per heavy atom. The highest BCUT2D eigenvalue weighted by Gasteiger charge is 2.30. The molecular formula is C22H20BF3N4O2S. The number of ether oxygens (including phenoxy) is 1. The summed E-state index contributed by atoms with van der Waals surface area (Å²) in [6, 6.07) is 5.92. The number of halogens is 3. The third-order valence-electron chi connectivity index (χ3n) is 5.39. The maximum absolute atomic E-state index is 12.8. The number of pyridine rings is 1. The van der Waals surface area contributed by atoms with Gasteiger partial charge in [0.05, 0.1) is 11.3 Å². The van der Waals surface area contributed by atoms with Crippen molar-refractivity contribution in [2.24, 2.45) is 0 Å². The van der Waals surface area contributed by atoms with Crippen molar-refractivity contribution in [3.05, 3.63) is 53.2 Å². The molecule has 0 unspecified atom stereocenters. The van der Waals surface area contributed by atoms with Crippen molar-refractivity contribution in [3.8, 4) is 11.5 Å². The number of amides is 1. The number of nitrogens with zero attached hydrogens (tertiary/aromatic N) is 3. The average Bonchev–Trinajstić information content (AvgIpc) is 3.24. The third kappa shape index (κ3) is 5.65. The molecule has 1 saturated heterocycles. The lowest BCUT2D eigenvalue weighted by atomic mass is 9.94. The van der Waals surface area contributed by atoms with Crippen LogP contribution in [0.1, 0.15) is 36.9 Å². The number of hydrogen-bond acceptors (Lipinski definition) is 6. The Labute approximate surface area is 194 Å². The molecule has 1 amide bonds. The summed E-state index contributed by atoms with van der Waals surface area (Å²) in [6.45, 7) is 3.00. The summed E-state index contributed by atoms with van der Waals surface area (Å²) in [7, 11) is 5.83. The molecule has 0 saturated carbocycles. The Hall–Kier alpha value is -3.08. The standard InChI is InChI=1S/C22H20BF3N4O2S/c1-13(31)30-8-6-14(7-9-30)18-12-33-21(28-18)29-20-19(10-16(23)11-27-20)32-17-4-2-15(3-5-17)22(24,25)26/h2-5,10-12,14H,6-9H2,1H3,(H,27,28,29). The van der Waals surface area contributed by atoms with Crippen LogP contribution in [0.4, 0.5) is 24.1 Å². The number of carbonyl (C=O) groups excluding carboxylic acids is 1. The van der Waals surface area contributed by atoms with Gasteiger partial charge >= 0.3 is 6.18 Å². The number of aromatic nitrogens is 2. The van der Waals surface area contributed by atoms with Crippen molar-refractivity contribution < 1.29 is 22.7 Å². The zero-order valence-corrected chi connectivity index (χ0v) is 18.5. The van der Waals surface area contributed by atoms with E-state index < -0.39 is 11.7 Å². The molecule has 1 fully saturated rings. The molecule has 3 aromatic rings. The summed E-state index contributed by atoms with van der Waals surface area (Å²) in [6.07, 6.45) is -1.26. The molecular weight excluding hydrogens is 452 g/mol. The first-order valence-corrected chi connectivity index (χ1v) is 11.2. The normalized spacial score (nSPS) is 14.8. The minimum atomic E-state index is -4.42. The van der Waals surface area contributed by atoms with Crippen molar-refractivity contribution in [2.75, 3.05) is 18.4 Å². The van der Waals surface area contributed by atoms with E-state index in [9.17, 15) is 18.0 Å². The van der Waals surface area contributed by atoms with Crippen molar-refractivity contribution in [3.63, 3.8) is 0 Å². The Kier molecular flexibility index (Phi) is 6.59. The van der Waals surface area contributed by atoms with Crippen LogP contribution in [0.2, 0.25) is 0 Å². The quantitative estimate of drug-likeness (QED) is 0.550. The van der Waals surface area contributed by atoms with Gasteiger partial charge < -0.3 is 15.0 Å². The molecule has 4 rings (SSSR count). The van der Waals surface area contributed by atoms with Crippen LogP contribution in [0, 0.1) is 0 Å². The smallest absolute Gasteiger partial charge is 0.416 e. The monoisotopic (exact) mass is 472 g/mol. The van der Waals surface area contributed by atoms with Gasteiger partial charge in [-0.25, -0.2) is 9.97 Å². The molecule has 11 heteroatoms. The molecule has 0 aliphatic carbocycles. The largest absolute Gasteiger partial charge is 0.453 e. The first-order chi connectivity index (χ1) is 15.7. The van der Waals surface area contributed by atoms with Crippen LogP contribution in [0.15, 0.2) is 41.9 Å². The Balaban J connectivity index is 1.47. The van der Waals surface area contributed by atoms with Gasteiger partial charge in [0.1, 0.15) is 13.6 Å². The van der Waals surface area contributed by atoms with Gasteiger partial charge in [-0.05, 0) is 43.2 Å². The number of thiazole rings is 1. The zero-order valence-electron chi connectivity index (χ0n) is 17.7. The van der Waals surface area contributed by atoms with E-state index in [1.165, 1.54) is 29.7 Å². The summed E-state index contributed by atoms with van der Waals surface area (Å²) in [5, 5.41) is 5.69. The van der Waals surface area contributed by atoms with Gasteiger partial charge in [-0.15, -0.1) is 11.3 Å². The molecule has 33 heavy (non-hydrogen) atoms. The lowest BCUT2D eigenvalue weighted by Gasteiger charge is -2.30. The Morgan fingerprint density at radius 2 is 1.94 bits per heavy atom. The predicted octanol–water partition coefficient (Wildman–Crippen LogP) is 4.61. The molecule has 0 spiro atoms. The van der Waals surface area contributed by atoms with E-state index in [0.717, 1.165) is 30.7 Å². The van der Waals surface area contributed by atoms with E-state index >= 15 is 0 Å². The summed E-state index contributed by atoms with van der Waals surface area (Å²) < 4.78 is 44.1.